The lowest BCUT2D eigenvalue weighted by molar-refractivity contribution is 0.164. The molecule has 0 saturated heterocycles. The van der Waals surface area contributed by atoms with Gasteiger partial charge in [-0.05, 0) is 28.4 Å². The Kier molecular flexibility index (Phi) is 5.75. The first-order valence-electron chi connectivity index (χ1n) is 5.77. The maximum Gasteiger partial charge on any atom is 0.204 e. The summed E-state index contributed by atoms with van der Waals surface area (Å²) in [5.74, 6) is 1.59. The van der Waals surface area contributed by atoms with E-state index in [1.54, 1.807) is 27.4 Å². The summed E-state index contributed by atoms with van der Waals surface area (Å²) in [6.45, 7) is 2.02. The number of ether oxygens (including phenoxy) is 3. The van der Waals surface area contributed by atoms with Gasteiger partial charge in [-0.15, -0.1) is 0 Å². The third-order valence-corrected chi connectivity index (χ3v) is 3.54. The normalized spacial score (nSPS) is 12.1. The molecule has 0 saturated carbocycles. The molecule has 1 aromatic rings. The Morgan fingerprint density at radius 2 is 1.78 bits per heavy atom. The van der Waals surface area contributed by atoms with Crippen molar-refractivity contribution in [3.05, 3.63) is 16.1 Å². The average Bonchev–Trinajstić information content (AvgIpc) is 2.38. The van der Waals surface area contributed by atoms with Crippen LogP contribution >= 0.6 is 15.9 Å². The fraction of sp³-hybridized carbons (Fsp3) is 0.538. The van der Waals surface area contributed by atoms with Crippen molar-refractivity contribution in [1.29, 1.82) is 0 Å². The van der Waals surface area contributed by atoms with Crippen LogP contribution in [0.3, 0.4) is 0 Å². The van der Waals surface area contributed by atoms with Crippen molar-refractivity contribution >= 4 is 15.9 Å². The maximum atomic E-state index is 10.1. The molecule has 0 aliphatic heterocycles. The van der Waals surface area contributed by atoms with Gasteiger partial charge in [-0.1, -0.05) is 13.3 Å². The van der Waals surface area contributed by atoms with E-state index in [2.05, 4.69) is 15.9 Å². The van der Waals surface area contributed by atoms with Crippen molar-refractivity contribution in [2.24, 2.45) is 0 Å². The van der Waals surface area contributed by atoms with Crippen LogP contribution < -0.4 is 14.2 Å². The molecule has 5 heteroatoms. The number of methoxy groups -OCH3 is 3. The first-order chi connectivity index (χ1) is 8.60. The summed E-state index contributed by atoms with van der Waals surface area (Å²) in [6.07, 6.45) is 1.01. The Morgan fingerprint density at radius 1 is 1.17 bits per heavy atom. The number of benzene rings is 1. The molecule has 0 spiro atoms. The number of aliphatic hydroxyl groups excluding tert-OH is 1. The van der Waals surface area contributed by atoms with E-state index in [4.69, 9.17) is 14.2 Å². The monoisotopic (exact) mass is 318 g/mol. The highest BCUT2D eigenvalue weighted by Gasteiger charge is 2.22. The van der Waals surface area contributed by atoms with Crippen molar-refractivity contribution in [1.82, 2.24) is 0 Å². The first kappa shape index (κ1) is 15.1. The zero-order chi connectivity index (χ0) is 13.7. The Bertz CT molecular complexity index is 406. The van der Waals surface area contributed by atoms with Gasteiger partial charge in [-0.3, -0.25) is 0 Å². The maximum absolute atomic E-state index is 10.1. The molecule has 0 bridgehead atoms. The van der Waals surface area contributed by atoms with E-state index in [9.17, 15) is 5.11 Å². The van der Waals surface area contributed by atoms with E-state index in [0.29, 0.717) is 28.1 Å². The Hall–Kier alpha value is -0.940. The van der Waals surface area contributed by atoms with Crippen molar-refractivity contribution < 1.29 is 19.3 Å². The molecular formula is C13H19BrO4. The Morgan fingerprint density at radius 3 is 2.22 bits per heavy atom. The highest BCUT2D eigenvalue weighted by atomic mass is 79.9. The quantitative estimate of drug-likeness (QED) is 0.874. The SMILES string of the molecule is CCCC(O)c1cc(OC)c(OC)c(OC)c1Br. The van der Waals surface area contributed by atoms with Gasteiger partial charge >= 0.3 is 0 Å². The first-order valence-corrected chi connectivity index (χ1v) is 6.56. The molecule has 0 aromatic heterocycles. The average molecular weight is 319 g/mol. The van der Waals surface area contributed by atoms with Gasteiger partial charge in [0.1, 0.15) is 0 Å². The van der Waals surface area contributed by atoms with Crippen LogP contribution in [-0.2, 0) is 0 Å². The van der Waals surface area contributed by atoms with E-state index in [1.807, 2.05) is 6.92 Å². The van der Waals surface area contributed by atoms with Crippen LogP contribution in [0.25, 0.3) is 0 Å². The number of rotatable bonds is 6. The minimum Gasteiger partial charge on any atom is -0.493 e. The summed E-state index contributed by atoms with van der Waals surface area (Å²) in [4.78, 5) is 0. The molecule has 4 nitrogen and oxygen atoms in total. The fourth-order valence-corrected chi connectivity index (χ4v) is 2.53. The molecule has 1 atom stereocenters. The number of hydrogen-bond donors (Lipinski definition) is 1. The topological polar surface area (TPSA) is 47.9 Å². The highest BCUT2D eigenvalue weighted by molar-refractivity contribution is 9.10. The molecule has 0 aliphatic carbocycles. The summed E-state index contributed by atoms with van der Waals surface area (Å²) < 4.78 is 16.6. The van der Waals surface area contributed by atoms with Gasteiger partial charge in [-0.25, -0.2) is 0 Å². The minimum absolute atomic E-state index is 0.513. The summed E-state index contributed by atoms with van der Waals surface area (Å²) in [6, 6.07) is 1.77. The largest absolute Gasteiger partial charge is 0.493 e. The summed E-state index contributed by atoms with van der Waals surface area (Å²) >= 11 is 3.45. The Balaban J connectivity index is 3.36. The zero-order valence-electron chi connectivity index (χ0n) is 11.1. The zero-order valence-corrected chi connectivity index (χ0v) is 12.7. The van der Waals surface area contributed by atoms with Gasteiger partial charge in [0.05, 0.1) is 31.9 Å². The van der Waals surface area contributed by atoms with Crippen LogP contribution in [0.1, 0.15) is 31.4 Å². The van der Waals surface area contributed by atoms with E-state index in [-0.39, 0.29) is 0 Å². The van der Waals surface area contributed by atoms with E-state index < -0.39 is 6.10 Å². The molecule has 0 aliphatic rings. The molecule has 102 valence electrons. The second-order valence-electron chi connectivity index (χ2n) is 3.85. The predicted octanol–water partition coefficient (Wildman–Crippen LogP) is 3.31. The number of aliphatic hydroxyl groups is 1. The third-order valence-electron chi connectivity index (χ3n) is 2.72. The smallest absolute Gasteiger partial charge is 0.204 e. The second kappa shape index (κ2) is 6.85. The minimum atomic E-state index is -0.557. The van der Waals surface area contributed by atoms with Crippen molar-refractivity contribution in [2.75, 3.05) is 21.3 Å². The van der Waals surface area contributed by atoms with Crippen LogP contribution in [0.5, 0.6) is 17.2 Å². The molecule has 18 heavy (non-hydrogen) atoms. The second-order valence-corrected chi connectivity index (χ2v) is 4.65. The molecule has 0 heterocycles. The lowest BCUT2D eigenvalue weighted by Gasteiger charge is -2.19. The van der Waals surface area contributed by atoms with Gasteiger partial charge in [0.25, 0.3) is 0 Å². The molecule has 0 fully saturated rings. The van der Waals surface area contributed by atoms with Gasteiger partial charge in [0.2, 0.25) is 5.75 Å². The lowest BCUT2D eigenvalue weighted by atomic mass is 10.0. The van der Waals surface area contributed by atoms with Crippen LogP contribution in [0.15, 0.2) is 10.5 Å². The summed E-state index contributed by atoms with van der Waals surface area (Å²) in [5, 5.41) is 10.1. The summed E-state index contributed by atoms with van der Waals surface area (Å²) in [7, 11) is 4.66. The Labute approximate surface area is 116 Å². The molecule has 1 unspecified atom stereocenters. The van der Waals surface area contributed by atoms with Crippen molar-refractivity contribution in [2.45, 2.75) is 25.9 Å². The summed E-state index contributed by atoms with van der Waals surface area (Å²) in [5.41, 5.74) is 0.742. The standard InChI is InChI=1S/C13H19BrO4/c1-5-6-9(15)8-7-10(16-2)12(17-3)13(18-4)11(8)14/h7,9,15H,5-6H2,1-4H3. The van der Waals surface area contributed by atoms with Crippen LogP contribution in [0, 0.1) is 0 Å². The molecule has 1 rings (SSSR count). The van der Waals surface area contributed by atoms with Gasteiger partial charge < -0.3 is 19.3 Å². The van der Waals surface area contributed by atoms with Gasteiger partial charge in [0, 0.05) is 5.56 Å². The van der Waals surface area contributed by atoms with Crippen LogP contribution in [-0.4, -0.2) is 26.4 Å². The van der Waals surface area contributed by atoms with Crippen molar-refractivity contribution in [3.63, 3.8) is 0 Å². The van der Waals surface area contributed by atoms with Gasteiger partial charge in [0.15, 0.2) is 11.5 Å². The molecular weight excluding hydrogens is 300 g/mol. The molecule has 1 N–H and O–H groups in total. The van der Waals surface area contributed by atoms with E-state index in [1.165, 1.54) is 0 Å². The number of hydrogen-bond acceptors (Lipinski definition) is 4. The highest BCUT2D eigenvalue weighted by Crippen LogP contribution is 2.46. The number of halogens is 1. The van der Waals surface area contributed by atoms with E-state index >= 15 is 0 Å². The lowest BCUT2D eigenvalue weighted by Crippen LogP contribution is -2.03. The third kappa shape index (κ3) is 2.90. The van der Waals surface area contributed by atoms with Crippen LogP contribution in [0.2, 0.25) is 0 Å². The fourth-order valence-electron chi connectivity index (χ4n) is 1.81. The van der Waals surface area contributed by atoms with E-state index in [0.717, 1.165) is 12.0 Å². The van der Waals surface area contributed by atoms with Crippen LogP contribution in [0.4, 0.5) is 0 Å². The predicted molar refractivity (Wildman–Crippen MR) is 73.7 cm³/mol. The molecule has 1 aromatic carbocycles. The molecule has 0 amide bonds. The van der Waals surface area contributed by atoms with Crippen molar-refractivity contribution in [3.8, 4) is 17.2 Å². The molecule has 0 radical (unpaired) electrons. The van der Waals surface area contributed by atoms with Gasteiger partial charge in [-0.2, -0.15) is 0 Å².